The number of para-hydroxylation sites is 1. The van der Waals surface area contributed by atoms with Gasteiger partial charge in [-0.05, 0) is 30.7 Å². The molecular weight excluding hydrogens is 376 g/mol. The minimum absolute atomic E-state index is 0.245. The first-order valence-electron chi connectivity index (χ1n) is 9.75. The number of hydrogen-bond acceptors (Lipinski definition) is 4. The number of aryl methyl sites for hydroxylation is 1. The van der Waals surface area contributed by atoms with Crippen molar-refractivity contribution in [2.24, 2.45) is 0 Å². The second-order valence-electron chi connectivity index (χ2n) is 6.66. The van der Waals surface area contributed by atoms with E-state index in [-0.39, 0.29) is 5.91 Å². The number of benzene rings is 2. The molecule has 150 valence electrons. The van der Waals surface area contributed by atoms with E-state index in [9.17, 15) is 4.79 Å². The fourth-order valence-electron chi connectivity index (χ4n) is 3.12. The summed E-state index contributed by atoms with van der Waals surface area (Å²) in [5.74, 6) is 0.403. The quantitative estimate of drug-likeness (QED) is 0.410. The van der Waals surface area contributed by atoms with Crippen LogP contribution in [0.15, 0.2) is 60.8 Å². The Hall–Kier alpha value is -4.03. The van der Waals surface area contributed by atoms with Crippen LogP contribution in [0.25, 0.3) is 17.0 Å². The van der Waals surface area contributed by atoms with Crippen molar-refractivity contribution in [1.82, 2.24) is 4.57 Å². The summed E-state index contributed by atoms with van der Waals surface area (Å²) in [6, 6.07) is 19.3. The smallest absolute Gasteiger partial charge is 0.248 e. The van der Waals surface area contributed by atoms with Crippen molar-refractivity contribution in [3.8, 4) is 17.9 Å². The lowest BCUT2D eigenvalue weighted by Crippen LogP contribution is -2.08. The number of anilines is 1. The number of nitrogens with one attached hydrogen (secondary N) is 1. The zero-order valence-corrected chi connectivity index (χ0v) is 16.5. The van der Waals surface area contributed by atoms with E-state index in [0.717, 1.165) is 16.5 Å². The zero-order chi connectivity index (χ0) is 21.2. The SMILES string of the molecule is N#CCCCOc1cccc(NC(=O)/C=C/c2cn(CCC#N)c3ccccc23)c1. The van der Waals surface area contributed by atoms with E-state index < -0.39 is 0 Å². The molecule has 1 heterocycles. The van der Waals surface area contributed by atoms with Crippen LogP contribution in [0.2, 0.25) is 0 Å². The summed E-state index contributed by atoms with van der Waals surface area (Å²) >= 11 is 0. The van der Waals surface area contributed by atoms with Gasteiger partial charge in [-0.15, -0.1) is 0 Å². The molecule has 0 unspecified atom stereocenters. The topological polar surface area (TPSA) is 90.8 Å². The van der Waals surface area contributed by atoms with E-state index in [4.69, 9.17) is 15.3 Å². The van der Waals surface area contributed by atoms with Crippen LogP contribution in [0.5, 0.6) is 5.75 Å². The van der Waals surface area contributed by atoms with Gasteiger partial charge in [-0.1, -0.05) is 24.3 Å². The lowest BCUT2D eigenvalue weighted by atomic mass is 10.1. The molecule has 30 heavy (non-hydrogen) atoms. The van der Waals surface area contributed by atoms with Crippen LogP contribution in [0.4, 0.5) is 5.69 Å². The third-order valence-electron chi connectivity index (χ3n) is 4.50. The van der Waals surface area contributed by atoms with Crippen LogP contribution in [0.3, 0.4) is 0 Å². The Balaban J connectivity index is 1.67. The molecule has 0 fully saturated rings. The Morgan fingerprint density at radius 2 is 1.93 bits per heavy atom. The van der Waals surface area contributed by atoms with Crippen molar-refractivity contribution in [2.75, 3.05) is 11.9 Å². The van der Waals surface area contributed by atoms with Crippen LogP contribution < -0.4 is 10.1 Å². The maximum Gasteiger partial charge on any atom is 0.248 e. The van der Waals surface area contributed by atoms with Gasteiger partial charge >= 0.3 is 0 Å². The molecule has 6 heteroatoms. The Morgan fingerprint density at radius 3 is 2.77 bits per heavy atom. The van der Waals surface area contributed by atoms with E-state index >= 15 is 0 Å². The number of ether oxygens (including phenoxy) is 1. The molecule has 1 N–H and O–H groups in total. The number of carbonyl (C=O) groups excluding carboxylic acids is 1. The standard InChI is InChI=1S/C24H22N4O2/c25-13-3-4-16-30-21-8-5-7-20(17-21)27-24(29)12-11-19-18-28(15-6-14-26)23-10-2-1-9-22(19)23/h1-2,5,7-12,17-18H,3-4,6,15-16H2,(H,27,29)/b12-11+. The first kappa shape index (κ1) is 20.7. The Morgan fingerprint density at radius 1 is 1.10 bits per heavy atom. The molecule has 0 spiro atoms. The molecule has 1 amide bonds. The highest BCUT2D eigenvalue weighted by Gasteiger charge is 2.07. The molecule has 3 aromatic rings. The molecule has 0 aliphatic rings. The number of nitriles is 2. The van der Waals surface area contributed by atoms with Gasteiger partial charge in [0.25, 0.3) is 0 Å². The third-order valence-corrected chi connectivity index (χ3v) is 4.50. The van der Waals surface area contributed by atoms with E-state index in [1.165, 1.54) is 6.08 Å². The number of nitrogens with zero attached hydrogens (tertiary/aromatic N) is 3. The van der Waals surface area contributed by atoms with Gasteiger partial charge < -0.3 is 14.6 Å². The molecule has 0 saturated carbocycles. The van der Waals surface area contributed by atoms with Gasteiger partial charge in [-0.25, -0.2) is 0 Å². The van der Waals surface area contributed by atoms with Gasteiger partial charge in [0.15, 0.2) is 0 Å². The van der Waals surface area contributed by atoms with Crippen molar-refractivity contribution in [3.05, 3.63) is 66.4 Å². The van der Waals surface area contributed by atoms with Crippen molar-refractivity contribution in [1.29, 1.82) is 10.5 Å². The lowest BCUT2D eigenvalue weighted by Gasteiger charge is -2.07. The molecule has 0 aliphatic carbocycles. The van der Waals surface area contributed by atoms with Gasteiger partial charge in [-0.3, -0.25) is 4.79 Å². The van der Waals surface area contributed by atoms with Crippen molar-refractivity contribution in [2.45, 2.75) is 25.8 Å². The molecule has 0 saturated heterocycles. The van der Waals surface area contributed by atoms with Crippen molar-refractivity contribution < 1.29 is 9.53 Å². The van der Waals surface area contributed by atoms with Gasteiger partial charge in [0, 0.05) is 53.5 Å². The molecule has 3 rings (SSSR count). The zero-order valence-electron chi connectivity index (χ0n) is 16.5. The minimum atomic E-state index is -0.245. The van der Waals surface area contributed by atoms with Crippen LogP contribution in [-0.2, 0) is 11.3 Å². The van der Waals surface area contributed by atoms with Crippen LogP contribution in [0, 0.1) is 22.7 Å². The number of hydrogen-bond donors (Lipinski definition) is 1. The number of fused-ring (bicyclic) bond motifs is 1. The van der Waals surface area contributed by atoms with Crippen LogP contribution >= 0.6 is 0 Å². The maximum atomic E-state index is 12.4. The molecule has 0 bridgehead atoms. The molecule has 2 aromatic carbocycles. The number of amides is 1. The van der Waals surface area contributed by atoms with E-state index in [1.807, 2.05) is 47.2 Å². The van der Waals surface area contributed by atoms with Crippen molar-refractivity contribution in [3.63, 3.8) is 0 Å². The summed E-state index contributed by atoms with van der Waals surface area (Å²) in [5.41, 5.74) is 2.60. The summed E-state index contributed by atoms with van der Waals surface area (Å²) in [4.78, 5) is 12.4. The fourth-order valence-corrected chi connectivity index (χ4v) is 3.12. The monoisotopic (exact) mass is 398 g/mol. The fraction of sp³-hybridized carbons (Fsp3) is 0.208. The second-order valence-corrected chi connectivity index (χ2v) is 6.66. The molecule has 0 atom stereocenters. The van der Waals surface area contributed by atoms with Gasteiger partial charge in [-0.2, -0.15) is 10.5 Å². The number of unbranched alkanes of at least 4 members (excludes halogenated alkanes) is 1. The predicted octanol–water partition coefficient (Wildman–Crippen LogP) is 4.89. The molecule has 1 aromatic heterocycles. The van der Waals surface area contributed by atoms with E-state index in [1.54, 1.807) is 18.2 Å². The van der Waals surface area contributed by atoms with Crippen molar-refractivity contribution >= 4 is 28.6 Å². The highest BCUT2D eigenvalue weighted by molar-refractivity contribution is 6.03. The van der Waals surface area contributed by atoms with Gasteiger partial charge in [0.1, 0.15) is 5.75 Å². The predicted molar refractivity (Wildman–Crippen MR) is 117 cm³/mol. The Bertz CT molecular complexity index is 1130. The first-order chi connectivity index (χ1) is 14.7. The minimum Gasteiger partial charge on any atom is -0.493 e. The van der Waals surface area contributed by atoms with Crippen LogP contribution in [0.1, 0.15) is 24.8 Å². The highest BCUT2D eigenvalue weighted by Crippen LogP contribution is 2.23. The number of carbonyl (C=O) groups is 1. The third kappa shape index (κ3) is 5.50. The molecule has 0 aliphatic heterocycles. The highest BCUT2D eigenvalue weighted by atomic mass is 16.5. The summed E-state index contributed by atoms with van der Waals surface area (Å²) < 4.78 is 7.63. The Kier molecular flexibility index (Phi) is 7.24. The normalized spacial score (nSPS) is 10.6. The molecule has 6 nitrogen and oxygen atoms in total. The molecular formula is C24H22N4O2. The van der Waals surface area contributed by atoms with Crippen LogP contribution in [-0.4, -0.2) is 17.1 Å². The largest absolute Gasteiger partial charge is 0.493 e. The second kappa shape index (κ2) is 10.5. The van der Waals surface area contributed by atoms with Gasteiger partial charge in [0.2, 0.25) is 5.91 Å². The van der Waals surface area contributed by atoms with E-state index in [2.05, 4.69) is 17.5 Å². The number of aromatic nitrogens is 1. The average molecular weight is 398 g/mol. The molecule has 0 radical (unpaired) electrons. The van der Waals surface area contributed by atoms with Gasteiger partial charge in [0.05, 0.1) is 25.2 Å². The maximum absolute atomic E-state index is 12.4. The number of rotatable bonds is 9. The Labute approximate surface area is 175 Å². The first-order valence-corrected chi connectivity index (χ1v) is 9.75. The summed E-state index contributed by atoms with van der Waals surface area (Å²) in [7, 11) is 0. The summed E-state index contributed by atoms with van der Waals surface area (Å²) in [6.45, 7) is 1.07. The average Bonchev–Trinajstić information content (AvgIpc) is 3.12. The lowest BCUT2D eigenvalue weighted by molar-refractivity contribution is -0.111. The van der Waals surface area contributed by atoms with E-state index in [0.29, 0.717) is 43.9 Å². The summed E-state index contributed by atoms with van der Waals surface area (Å²) in [5, 5.41) is 21.3. The summed E-state index contributed by atoms with van der Waals surface area (Å²) in [6.07, 6.45) is 6.78.